The van der Waals surface area contributed by atoms with Crippen LogP contribution in [0.1, 0.15) is 51.0 Å². The summed E-state index contributed by atoms with van der Waals surface area (Å²) in [7, 11) is 5.06. The van der Waals surface area contributed by atoms with E-state index in [0.29, 0.717) is 25.7 Å². The first-order chi connectivity index (χ1) is 16.3. The summed E-state index contributed by atoms with van der Waals surface area (Å²) >= 11 is 0. The first-order valence-electron chi connectivity index (χ1n) is 12.8. The largest absolute Gasteiger partial charge is 0.389 e. The smallest absolute Gasteiger partial charge is 0.232 e. The highest BCUT2D eigenvalue weighted by molar-refractivity contribution is 5.82. The summed E-state index contributed by atoms with van der Waals surface area (Å²) in [5.74, 6) is 0.787. The van der Waals surface area contributed by atoms with Crippen molar-refractivity contribution < 1.29 is 19.4 Å². The molecule has 0 spiro atoms. The molecule has 0 heterocycles. The molecule has 1 amide bonds. The Morgan fingerprint density at radius 3 is 2.44 bits per heavy atom. The van der Waals surface area contributed by atoms with Crippen LogP contribution in [0.5, 0.6) is 0 Å². The second kappa shape index (κ2) is 12.3. The molecule has 0 aliphatic heterocycles. The molecule has 0 aromatic heterocycles. The van der Waals surface area contributed by atoms with Crippen molar-refractivity contribution in [3.63, 3.8) is 0 Å². The van der Waals surface area contributed by atoms with Crippen LogP contribution in [-0.4, -0.2) is 75.6 Å². The van der Waals surface area contributed by atoms with Crippen molar-refractivity contribution in [3.8, 4) is 0 Å². The van der Waals surface area contributed by atoms with Gasteiger partial charge >= 0.3 is 0 Å². The lowest BCUT2D eigenvalue weighted by atomic mass is 9.61. The molecular formula is C28H44N2O4. The lowest BCUT2D eigenvalue weighted by Gasteiger charge is -2.48. The monoisotopic (exact) mass is 472 g/mol. The fourth-order valence-electron chi connectivity index (χ4n) is 5.89. The van der Waals surface area contributed by atoms with Gasteiger partial charge in [-0.25, -0.2) is 0 Å². The minimum Gasteiger partial charge on any atom is -0.389 e. The van der Waals surface area contributed by atoms with Crippen molar-refractivity contribution in [1.82, 2.24) is 10.2 Å². The van der Waals surface area contributed by atoms with Crippen LogP contribution in [0.25, 0.3) is 5.57 Å². The summed E-state index contributed by atoms with van der Waals surface area (Å²) in [6, 6.07) is 10.6. The van der Waals surface area contributed by atoms with E-state index in [1.807, 2.05) is 14.0 Å². The Balaban J connectivity index is 1.36. The van der Waals surface area contributed by atoms with Crippen LogP contribution in [0.2, 0.25) is 0 Å². The number of methoxy groups -OCH3 is 2. The molecule has 6 nitrogen and oxygen atoms in total. The third-order valence-corrected chi connectivity index (χ3v) is 7.64. The summed E-state index contributed by atoms with van der Waals surface area (Å²) in [6.45, 7) is 5.00. The van der Waals surface area contributed by atoms with Gasteiger partial charge in [-0.1, -0.05) is 36.4 Å². The fourth-order valence-corrected chi connectivity index (χ4v) is 5.89. The Labute approximate surface area is 205 Å². The van der Waals surface area contributed by atoms with E-state index in [1.165, 1.54) is 17.6 Å². The molecular weight excluding hydrogens is 428 g/mol. The number of fused-ring (bicyclic) bond motifs is 2. The number of carbonyl (C=O) groups is 1. The number of carbonyl (C=O) groups excluding carboxylic acids is 1. The average Bonchev–Trinajstić information content (AvgIpc) is 2.84. The van der Waals surface area contributed by atoms with Crippen LogP contribution in [0.15, 0.2) is 36.4 Å². The van der Waals surface area contributed by atoms with E-state index in [0.717, 1.165) is 45.2 Å². The molecule has 4 rings (SSSR count). The van der Waals surface area contributed by atoms with E-state index in [9.17, 15) is 9.90 Å². The van der Waals surface area contributed by atoms with E-state index in [1.54, 1.807) is 19.1 Å². The van der Waals surface area contributed by atoms with Crippen LogP contribution in [0.4, 0.5) is 0 Å². The SMILES string of the molecule is COCC(C)(COC)C(=O)N(C)CCCNCCC[C@@]1(O)C[C@H]2CC[C@@H]1C=C2c1ccccc1. The number of amides is 1. The van der Waals surface area contributed by atoms with Gasteiger partial charge in [0.05, 0.1) is 24.2 Å². The predicted octanol–water partition coefficient (Wildman–Crippen LogP) is 3.75. The number of benzene rings is 1. The Kier molecular flexibility index (Phi) is 9.72. The summed E-state index contributed by atoms with van der Waals surface area (Å²) < 4.78 is 10.5. The predicted molar refractivity (Wildman–Crippen MR) is 136 cm³/mol. The molecule has 1 aromatic carbocycles. The lowest BCUT2D eigenvalue weighted by molar-refractivity contribution is -0.146. The number of hydrogen-bond acceptors (Lipinski definition) is 5. The van der Waals surface area contributed by atoms with Crippen LogP contribution in [-0.2, 0) is 14.3 Å². The van der Waals surface area contributed by atoms with Crippen LogP contribution in [0.3, 0.4) is 0 Å². The molecule has 3 aliphatic carbocycles. The van der Waals surface area contributed by atoms with E-state index >= 15 is 0 Å². The van der Waals surface area contributed by atoms with E-state index in [4.69, 9.17) is 9.47 Å². The zero-order valence-electron chi connectivity index (χ0n) is 21.5. The van der Waals surface area contributed by atoms with E-state index in [2.05, 4.69) is 41.7 Å². The lowest BCUT2D eigenvalue weighted by Crippen LogP contribution is -2.46. The standard InChI is InChI=1S/C28H44N2O4/c1-27(20-33-3,21-34-4)26(31)30(2)17-9-16-29-15-8-14-28(32)19-23-12-13-24(28)18-25(23)22-10-6-5-7-11-22/h5-7,10-11,18,23-24,29,32H,8-9,12-17,19-21H2,1-4H3/t23-,24-,28-/m1/s1. The second-order valence-corrected chi connectivity index (χ2v) is 10.5. The number of ether oxygens (including phenoxy) is 2. The third-order valence-electron chi connectivity index (χ3n) is 7.64. The highest BCUT2D eigenvalue weighted by Gasteiger charge is 2.45. The maximum atomic E-state index is 12.8. The molecule has 0 unspecified atom stereocenters. The quantitative estimate of drug-likeness (QED) is 0.404. The molecule has 1 aromatic rings. The van der Waals surface area contributed by atoms with Crippen molar-refractivity contribution in [2.45, 2.75) is 51.0 Å². The highest BCUT2D eigenvalue weighted by Crippen LogP contribution is 2.51. The molecule has 34 heavy (non-hydrogen) atoms. The van der Waals surface area contributed by atoms with Gasteiger partial charge in [0.15, 0.2) is 0 Å². The van der Waals surface area contributed by atoms with Gasteiger partial charge in [-0.2, -0.15) is 0 Å². The maximum absolute atomic E-state index is 12.8. The van der Waals surface area contributed by atoms with Crippen molar-refractivity contribution in [2.24, 2.45) is 17.3 Å². The fraction of sp³-hybridized carbons (Fsp3) is 0.679. The number of hydrogen-bond donors (Lipinski definition) is 2. The van der Waals surface area contributed by atoms with Gasteiger partial charge < -0.3 is 24.8 Å². The minimum absolute atomic E-state index is 0.0497. The average molecular weight is 473 g/mol. The highest BCUT2D eigenvalue weighted by atomic mass is 16.5. The van der Waals surface area contributed by atoms with Crippen LogP contribution >= 0.6 is 0 Å². The summed E-state index contributed by atoms with van der Waals surface area (Å²) in [5, 5.41) is 14.9. The van der Waals surface area contributed by atoms with Crippen LogP contribution in [0, 0.1) is 17.3 Å². The molecule has 2 bridgehead atoms. The summed E-state index contributed by atoms with van der Waals surface area (Å²) in [6.07, 6.45) is 8.20. The van der Waals surface area contributed by atoms with Gasteiger partial charge in [0, 0.05) is 33.7 Å². The number of rotatable bonds is 14. The number of allylic oxidation sites excluding steroid dienone is 1. The molecule has 0 saturated heterocycles. The zero-order valence-corrected chi connectivity index (χ0v) is 21.5. The topological polar surface area (TPSA) is 71.0 Å². The van der Waals surface area contributed by atoms with Crippen LogP contribution < -0.4 is 5.32 Å². The zero-order chi connectivity index (χ0) is 24.6. The first-order valence-corrected chi connectivity index (χ1v) is 12.8. The number of nitrogens with zero attached hydrogens (tertiary/aromatic N) is 1. The molecule has 190 valence electrons. The molecule has 1 fully saturated rings. The van der Waals surface area contributed by atoms with Crippen molar-refractivity contribution >= 4 is 11.5 Å². The van der Waals surface area contributed by atoms with Gasteiger partial charge in [0.2, 0.25) is 5.91 Å². The molecule has 3 aliphatic rings. The normalized spacial score (nSPS) is 24.2. The Morgan fingerprint density at radius 2 is 1.82 bits per heavy atom. The van der Waals surface area contributed by atoms with Crippen molar-refractivity contribution in [1.29, 1.82) is 0 Å². The summed E-state index contributed by atoms with van der Waals surface area (Å²) in [5.41, 5.74) is 1.53. The van der Waals surface area contributed by atoms with Gasteiger partial charge in [-0.3, -0.25) is 4.79 Å². The van der Waals surface area contributed by atoms with E-state index in [-0.39, 0.29) is 11.8 Å². The van der Waals surface area contributed by atoms with Crippen molar-refractivity contribution in [3.05, 3.63) is 42.0 Å². The number of nitrogens with one attached hydrogen (secondary N) is 1. The second-order valence-electron chi connectivity index (χ2n) is 10.5. The molecule has 6 heteroatoms. The van der Waals surface area contributed by atoms with Crippen molar-refractivity contribution in [2.75, 3.05) is 54.1 Å². The van der Waals surface area contributed by atoms with E-state index < -0.39 is 11.0 Å². The number of aliphatic hydroxyl groups is 1. The third kappa shape index (κ3) is 6.48. The van der Waals surface area contributed by atoms with Gasteiger partial charge in [0.25, 0.3) is 0 Å². The Morgan fingerprint density at radius 1 is 1.15 bits per heavy atom. The molecule has 1 saturated carbocycles. The first kappa shape index (κ1) is 26.9. The summed E-state index contributed by atoms with van der Waals surface area (Å²) in [4.78, 5) is 14.6. The van der Waals surface area contributed by atoms with Gasteiger partial charge in [0.1, 0.15) is 0 Å². The Bertz CT molecular complexity index is 806. The molecule has 0 radical (unpaired) electrons. The minimum atomic E-state index is -0.657. The maximum Gasteiger partial charge on any atom is 0.232 e. The van der Waals surface area contributed by atoms with Gasteiger partial charge in [-0.05, 0) is 75.6 Å². The Hall–Kier alpha value is -1.73. The molecule has 3 atom stereocenters. The van der Waals surface area contributed by atoms with Gasteiger partial charge in [-0.15, -0.1) is 0 Å². The molecule has 2 N–H and O–H groups in total.